The van der Waals surface area contributed by atoms with Crippen molar-refractivity contribution in [2.24, 2.45) is 0 Å². The van der Waals surface area contributed by atoms with Gasteiger partial charge in [0.15, 0.2) is 0 Å². The number of benzene rings is 2. The Morgan fingerprint density at radius 1 is 0.926 bits per heavy atom. The molecule has 1 heterocycles. The van der Waals surface area contributed by atoms with E-state index in [1.165, 1.54) is 42.7 Å². The SMILES string of the molecule is O=S(=O)(Nc1cccc(Oc2ncccn2)c1)c1ccccc1C(F)(F)F. The van der Waals surface area contributed by atoms with Gasteiger partial charge in [-0.2, -0.15) is 13.2 Å². The summed E-state index contributed by atoms with van der Waals surface area (Å²) in [6.45, 7) is 0. The highest BCUT2D eigenvalue weighted by atomic mass is 32.2. The van der Waals surface area contributed by atoms with E-state index in [1.54, 1.807) is 6.07 Å². The van der Waals surface area contributed by atoms with E-state index in [2.05, 4.69) is 14.7 Å². The van der Waals surface area contributed by atoms with Crippen LogP contribution < -0.4 is 9.46 Å². The topological polar surface area (TPSA) is 81.2 Å². The normalized spacial score (nSPS) is 11.8. The van der Waals surface area contributed by atoms with Crippen LogP contribution in [0.3, 0.4) is 0 Å². The Morgan fingerprint density at radius 3 is 2.33 bits per heavy atom. The van der Waals surface area contributed by atoms with Gasteiger partial charge in [0.25, 0.3) is 10.0 Å². The Bertz CT molecular complexity index is 1040. The third-order valence-corrected chi connectivity index (χ3v) is 4.76. The first-order chi connectivity index (χ1) is 12.8. The number of sulfonamides is 1. The molecule has 1 N–H and O–H groups in total. The molecule has 0 aliphatic heterocycles. The van der Waals surface area contributed by atoms with Gasteiger partial charge in [-0.1, -0.05) is 18.2 Å². The van der Waals surface area contributed by atoms with Crippen molar-refractivity contribution >= 4 is 15.7 Å². The number of ether oxygens (including phenoxy) is 1. The summed E-state index contributed by atoms with van der Waals surface area (Å²) < 4.78 is 71.7. The van der Waals surface area contributed by atoms with E-state index in [0.29, 0.717) is 6.07 Å². The van der Waals surface area contributed by atoms with Gasteiger partial charge in [-0.3, -0.25) is 4.72 Å². The average Bonchev–Trinajstić information content (AvgIpc) is 2.62. The molecule has 10 heteroatoms. The number of hydrogen-bond donors (Lipinski definition) is 1. The molecule has 0 unspecified atom stereocenters. The van der Waals surface area contributed by atoms with E-state index in [0.717, 1.165) is 12.1 Å². The van der Waals surface area contributed by atoms with Gasteiger partial charge >= 0.3 is 12.2 Å². The zero-order chi connectivity index (χ0) is 19.5. The molecule has 3 aromatic rings. The van der Waals surface area contributed by atoms with Gasteiger partial charge < -0.3 is 4.74 Å². The zero-order valence-corrected chi connectivity index (χ0v) is 14.3. The summed E-state index contributed by atoms with van der Waals surface area (Å²) in [5.74, 6) is 0.213. The summed E-state index contributed by atoms with van der Waals surface area (Å²) in [5.41, 5.74) is -1.22. The molecule has 0 atom stereocenters. The van der Waals surface area contributed by atoms with Crippen LogP contribution >= 0.6 is 0 Å². The predicted octanol–water partition coefficient (Wildman–Crippen LogP) is 4.09. The quantitative estimate of drug-likeness (QED) is 0.704. The van der Waals surface area contributed by atoms with E-state index in [9.17, 15) is 21.6 Å². The molecule has 0 bridgehead atoms. The fraction of sp³-hybridized carbons (Fsp3) is 0.0588. The summed E-state index contributed by atoms with van der Waals surface area (Å²) in [6, 6.07) is 11.3. The van der Waals surface area contributed by atoms with Crippen molar-refractivity contribution in [3.8, 4) is 11.8 Å². The number of nitrogens with one attached hydrogen (secondary N) is 1. The highest BCUT2D eigenvalue weighted by molar-refractivity contribution is 7.92. The summed E-state index contributed by atoms with van der Waals surface area (Å²) >= 11 is 0. The van der Waals surface area contributed by atoms with Crippen molar-refractivity contribution in [3.05, 3.63) is 72.6 Å². The van der Waals surface area contributed by atoms with Gasteiger partial charge in [0.1, 0.15) is 5.75 Å². The smallest absolute Gasteiger partial charge is 0.417 e. The highest BCUT2D eigenvalue weighted by Crippen LogP contribution is 2.34. The Morgan fingerprint density at radius 2 is 1.63 bits per heavy atom. The maximum absolute atomic E-state index is 13.1. The maximum Gasteiger partial charge on any atom is 0.417 e. The van der Waals surface area contributed by atoms with Crippen LogP contribution in [0.1, 0.15) is 5.56 Å². The van der Waals surface area contributed by atoms with Crippen LogP contribution in [0.15, 0.2) is 71.9 Å². The molecule has 3 rings (SSSR count). The van der Waals surface area contributed by atoms with E-state index in [-0.39, 0.29) is 17.4 Å². The molecule has 0 amide bonds. The highest BCUT2D eigenvalue weighted by Gasteiger charge is 2.36. The number of halogens is 3. The van der Waals surface area contributed by atoms with Crippen molar-refractivity contribution in [2.45, 2.75) is 11.1 Å². The van der Waals surface area contributed by atoms with E-state index in [1.807, 2.05) is 0 Å². The summed E-state index contributed by atoms with van der Waals surface area (Å²) in [5, 5.41) is 0. The van der Waals surface area contributed by atoms with E-state index in [4.69, 9.17) is 4.74 Å². The first-order valence-corrected chi connectivity index (χ1v) is 8.98. The Hall–Kier alpha value is -3.14. The molecule has 2 aromatic carbocycles. The van der Waals surface area contributed by atoms with Gasteiger partial charge in [-0.15, -0.1) is 0 Å². The number of nitrogens with zero attached hydrogens (tertiary/aromatic N) is 2. The molecule has 0 saturated carbocycles. The van der Waals surface area contributed by atoms with Crippen LogP contribution in [0, 0.1) is 0 Å². The molecule has 0 spiro atoms. The van der Waals surface area contributed by atoms with Crippen molar-refractivity contribution < 1.29 is 26.3 Å². The second-order valence-electron chi connectivity index (χ2n) is 5.26. The summed E-state index contributed by atoms with van der Waals surface area (Å²) in [7, 11) is -4.47. The van der Waals surface area contributed by atoms with Crippen LogP contribution in [0.5, 0.6) is 11.8 Å². The van der Waals surface area contributed by atoms with E-state index >= 15 is 0 Å². The van der Waals surface area contributed by atoms with Crippen LogP contribution in [-0.4, -0.2) is 18.4 Å². The van der Waals surface area contributed by atoms with Crippen molar-refractivity contribution in [1.29, 1.82) is 0 Å². The monoisotopic (exact) mass is 395 g/mol. The largest absolute Gasteiger partial charge is 0.424 e. The molecule has 1 aromatic heterocycles. The fourth-order valence-electron chi connectivity index (χ4n) is 2.21. The average molecular weight is 395 g/mol. The number of rotatable bonds is 5. The lowest BCUT2D eigenvalue weighted by atomic mass is 10.2. The van der Waals surface area contributed by atoms with Crippen molar-refractivity contribution in [1.82, 2.24) is 9.97 Å². The number of alkyl halides is 3. The Kier molecular flexibility index (Phi) is 5.00. The van der Waals surface area contributed by atoms with Gasteiger partial charge in [-0.05, 0) is 30.3 Å². The van der Waals surface area contributed by atoms with Gasteiger partial charge in [-0.25, -0.2) is 18.4 Å². The van der Waals surface area contributed by atoms with Crippen LogP contribution in [0.25, 0.3) is 0 Å². The Labute approximate surface area is 152 Å². The number of aromatic nitrogens is 2. The van der Waals surface area contributed by atoms with Crippen LogP contribution in [0.2, 0.25) is 0 Å². The van der Waals surface area contributed by atoms with E-state index < -0.39 is 26.7 Å². The molecular weight excluding hydrogens is 383 g/mol. The predicted molar refractivity (Wildman–Crippen MR) is 90.8 cm³/mol. The maximum atomic E-state index is 13.1. The third kappa shape index (κ3) is 4.53. The minimum atomic E-state index is -4.80. The number of hydrogen-bond acceptors (Lipinski definition) is 5. The fourth-order valence-corrected chi connectivity index (χ4v) is 3.49. The first kappa shape index (κ1) is 18.6. The second-order valence-corrected chi connectivity index (χ2v) is 6.91. The molecule has 140 valence electrons. The van der Waals surface area contributed by atoms with Gasteiger partial charge in [0.05, 0.1) is 16.1 Å². The van der Waals surface area contributed by atoms with Crippen molar-refractivity contribution in [2.75, 3.05) is 4.72 Å². The molecule has 0 radical (unpaired) electrons. The lowest BCUT2D eigenvalue weighted by molar-refractivity contribution is -0.139. The standard InChI is InChI=1S/C17H12F3N3O3S/c18-17(19,20)14-7-1-2-8-15(14)27(24,25)23-12-5-3-6-13(11-12)26-16-21-9-4-10-22-16/h1-11,23H. The van der Waals surface area contributed by atoms with Gasteiger partial charge in [0.2, 0.25) is 0 Å². The molecule has 0 fully saturated rings. The first-order valence-electron chi connectivity index (χ1n) is 7.50. The molecule has 0 aliphatic carbocycles. The lowest BCUT2D eigenvalue weighted by Gasteiger charge is -2.14. The minimum absolute atomic E-state index is 0.0282. The summed E-state index contributed by atoms with van der Waals surface area (Å²) in [6.07, 6.45) is -1.88. The Balaban J connectivity index is 1.88. The third-order valence-electron chi connectivity index (χ3n) is 3.32. The minimum Gasteiger partial charge on any atom is -0.424 e. The summed E-state index contributed by atoms with van der Waals surface area (Å²) in [4.78, 5) is 6.87. The van der Waals surface area contributed by atoms with Crippen LogP contribution in [0.4, 0.5) is 18.9 Å². The molecular formula is C17H12F3N3O3S. The second kappa shape index (κ2) is 7.23. The van der Waals surface area contributed by atoms with Crippen molar-refractivity contribution in [3.63, 3.8) is 0 Å². The molecule has 6 nitrogen and oxygen atoms in total. The van der Waals surface area contributed by atoms with Gasteiger partial charge in [0, 0.05) is 18.5 Å². The molecule has 0 saturated heterocycles. The molecule has 27 heavy (non-hydrogen) atoms. The zero-order valence-electron chi connectivity index (χ0n) is 13.5. The number of anilines is 1. The van der Waals surface area contributed by atoms with Crippen LogP contribution in [-0.2, 0) is 16.2 Å². The molecule has 0 aliphatic rings. The lowest BCUT2D eigenvalue weighted by Crippen LogP contribution is -2.18.